The average molecular weight is 423 g/mol. The van der Waals surface area contributed by atoms with Gasteiger partial charge < -0.3 is 4.57 Å². The van der Waals surface area contributed by atoms with E-state index in [1.54, 1.807) is 10.9 Å². The Morgan fingerprint density at radius 3 is 2.55 bits per heavy atom. The Hall–Kier alpha value is -3.17. The molecule has 0 radical (unpaired) electrons. The van der Waals surface area contributed by atoms with E-state index in [1.165, 1.54) is 23.1 Å². The van der Waals surface area contributed by atoms with Crippen molar-refractivity contribution in [1.29, 1.82) is 0 Å². The van der Waals surface area contributed by atoms with Crippen LogP contribution in [0.1, 0.15) is 0 Å². The zero-order chi connectivity index (χ0) is 20.1. The van der Waals surface area contributed by atoms with E-state index in [2.05, 4.69) is 32.9 Å². The maximum Gasteiger partial charge on any atom is 0.250 e. The zero-order valence-corrected chi connectivity index (χ0v) is 17.2. The number of carbonyl (C=O) groups is 1. The van der Waals surface area contributed by atoms with Gasteiger partial charge in [-0.3, -0.25) is 9.36 Å². The van der Waals surface area contributed by atoms with Gasteiger partial charge in [-0.25, -0.2) is 5.43 Å². The summed E-state index contributed by atoms with van der Waals surface area (Å²) in [4.78, 5) is 12.9. The summed E-state index contributed by atoms with van der Waals surface area (Å²) in [5, 5.41) is 14.9. The lowest BCUT2D eigenvalue weighted by Crippen LogP contribution is -2.25. The van der Waals surface area contributed by atoms with Gasteiger partial charge in [-0.1, -0.05) is 60.3 Å². The SMILES string of the molecule is Cn1cnnc1SCC(=O)N/N=c1/scc(-c2ccccc2)n1-c1ccccc1. The summed E-state index contributed by atoms with van der Waals surface area (Å²) in [6.45, 7) is 0. The second kappa shape index (κ2) is 8.89. The molecule has 2 aromatic heterocycles. The number of amides is 1. The van der Waals surface area contributed by atoms with Crippen LogP contribution in [0.15, 0.2) is 82.6 Å². The van der Waals surface area contributed by atoms with E-state index in [-0.39, 0.29) is 11.7 Å². The molecule has 1 amide bonds. The van der Waals surface area contributed by atoms with Crippen LogP contribution in [0.25, 0.3) is 16.9 Å². The lowest BCUT2D eigenvalue weighted by atomic mass is 10.1. The largest absolute Gasteiger partial charge is 0.312 e. The predicted molar refractivity (Wildman–Crippen MR) is 115 cm³/mol. The fourth-order valence-corrected chi connectivity index (χ4v) is 4.25. The van der Waals surface area contributed by atoms with E-state index in [0.29, 0.717) is 9.96 Å². The first-order valence-electron chi connectivity index (χ1n) is 8.83. The molecular weight excluding hydrogens is 404 g/mol. The van der Waals surface area contributed by atoms with Crippen LogP contribution in [-0.4, -0.2) is 31.0 Å². The first-order chi connectivity index (χ1) is 14.2. The molecule has 0 saturated carbocycles. The van der Waals surface area contributed by atoms with Crippen molar-refractivity contribution in [2.45, 2.75) is 5.16 Å². The molecule has 1 N–H and O–H groups in total. The fourth-order valence-electron chi connectivity index (χ4n) is 2.70. The van der Waals surface area contributed by atoms with E-state index in [1.807, 2.05) is 65.5 Å². The van der Waals surface area contributed by atoms with Gasteiger partial charge in [-0.15, -0.1) is 26.6 Å². The van der Waals surface area contributed by atoms with Gasteiger partial charge in [0.1, 0.15) is 6.33 Å². The first kappa shape index (κ1) is 19.2. The van der Waals surface area contributed by atoms with Crippen LogP contribution in [0.2, 0.25) is 0 Å². The number of rotatable bonds is 6. The molecular formula is C20H18N6OS2. The maximum atomic E-state index is 12.3. The number of hydrogen-bond donors (Lipinski definition) is 1. The summed E-state index contributed by atoms with van der Waals surface area (Å²) in [5.41, 5.74) is 5.73. The highest BCUT2D eigenvalue weighted by molar-refractivity contribution is 7.99. The fraction of sp³-hybridized carbons (Fsp3) is 0.100. The third kappa shape index (κ3) is 4.47. The van der Waals surface area contributed by atoms with Crippen molar-refractivity contribution in [3.05, 3.63) is 77.2 Å². The molecule has 0 saturated heterocycles. The smallest absolute Gasteiger partial charge is 0.250 e. The molecule has 2 heterocycles. The van der Waals surface area contributed by atoms with Crippen LogP contribution in [0.3, 0.4) is 0 Å². The van der Waals surface area contributed by atoms with Crippen molar-refractivity contribution in [3.63, 3.8) is 0 Å². The molecule has 146 valence electrons. The predicted octanol–water partition coefficient (Wildman–Crippen LogP) is 3.06. The van der Waals surface area contributed by atoms with Crippen LogP contribution in [-0.2, 0) is 11.8 Å². The molecule has 2 aromatic carbocycles. The Kier molecular flexibility index (Phi) is 5.87. The summed E-state index contributed by atoms with van der Waals surface area (Å²) < 4.78 is 3.81. The van der Waals surface area contributed by atoms with Crippen LogP contribution < -0.4 is 10.2 Å². The third-order valence-corrected chi connectivity index (χ3v) is 5.93. The van der Waals surface area contributed by atoms with Gasteiger partial charge in [0.15, 0.2) is 5.16 Å². The van der Waals surface area contributed by atoms with Crippen molar-refractivity contribution in [2.24, 2.45) is 12.1 Å². The highest BCUT2D eigenvalue weighted by Crippen LogP contribution is 2.23. The molecule has 0 aliphatic heterocycles. The van der Waals surface area contributed by atoms with Gasteiger partial charge in [-0.2, -0.15) is 0 Å². The van der Waals surface area contributed by atoms with Crippen molar-refractivity contribution >= 4 is 29.0 Å². The number of thioether (sulfide) groups is 1. The van der Waals surface area contributed by atoms with Crippen LogP contribution in [0.5, 0.6) is 0 Å². The standard InChI is InChI=1S/C20H18N6OS2/c1-25-14-21-23-19(25)29-13-18(27)22-24-20-26(16-10-6-3-7-11-16)17(12-28-20)15-8-4-2-5-9-15/h2-12,14H,13H2,1H3,(H,22,27)/b24-20+. The van der Waals surface area contributed by atoms with Crippen molar-refractivity contribution < 1.29 is 4.79 Å². The second-order valence-electron chi connectivity index (χ2n) is 6.10. The van der Waals surface area contributed by atoms with Gasteiger partial charge in [-0.05, 0) is 17.7 Å². The molecule has 0 aliphatic rings. The molecule has 0 atom stereocenters. The lowest BCUT2D eigenvalue weighted by Gasteiger charge is -2.09. The first-order valence-corrected chi connectivity index (χ1v) is 10.7. The molecule has 0 aliphatic carbocycles. The molecule has 9 heteroatoms. The van der Waals surface area contributed by atoms with E-state index >= 15 is 0 Å². The Labute approximate surface area is 175 Å². The number of nitrogens with one attached hydrogen (secondary N) is 1. The molecule has 29 heavy (non-hydrogen) atoms. The average Bonchev–Trinajstić information content (AvgIpc) is 3.38. The number of aromatic nitrogens is 4. The van der Waals surface area contributed by atoms with Crippen LogP contribution in [0, 0.1) is 0 Å². The van der Waals surface area contributed by atoms with Gasteiger partial charge in [0, 0.05) is 18.1 Å². The highest BCUT2D eigenvalue weighted by atomic mass is 32.2. The zero-order valence-electron chi connectivity index (χ0n) is 15.6. The Morgan fingerprint density at radius 1 is 1.14 bits per heavy atom. The normalized spacial score (nSPS) is 11.6. The molecule has 4 rings (SSSR count). The lowest BCUT2D eigenvalue weighted by molar-refractivity contribution is -0.118. The highest BCUT2D eigenvalue weighted by Gasteiger charge is 2.11. The third-order valence-electron chi connectivity index (χ3n) is 4.07. The van der Waals surface area contributed by atoms with Crippen LogP contribution in [0.4, 0.5) is 0 Å². The molecule has 4 aromatic rings. The number of nitrogens with zero attached hydrogens (tertiary/aromatic N) is 5. The number of carbonyl (C=O) groups excluding carboxylic acids is 1. The van der Waals surface area contributed by atoms with Gasteiger partial charge in [0.05, 0.1) is 11.4 Å². The summed E-state index contributed by atoms with van der Waals surface area (Å²) in [5.74, 6) is 0.00504. The van der Waals surface area contributed by atoms with E-state index < -0.39 is 0 Å². The topological polar surface area (TPSA) is 77.1 Å². The summed E-state index contributed by atoms with van der Waals surface area (Å²) >= 11 is 2.79. The second-order valence-corrected chi connectivity index (χ2v) is 7.88. The van der Waals surface area contributed by atoms with E-state index in [0.717, 1.165) is 16.9 Å². The van der Waals surface area contributed by atoms with Crippen molar-refractivity contribution in [2.75, 3.05) is 5.75 Å². The maximum absolute atomic E-state index is 12.3. The number of hydrogen-bond acceptors (Lipinski definition) is 6. The van der Waals surface area contributed by atoms with Gasteiger partial charge >= 0.3 is 0 Å². The van der Waals surface area contributed by atoms with Gasteiger partial charge in [0.25, 0.3) is 5.91 Å². The minimum atomic E-state index is -0.202. The Morgan fingerprint density at radius 2 is 1.86 bits per heavy atom. The number of benzene rings is 2. The molecule has 0 fully saturated rings. The molecule has 0 bridgehead atoms. The number of para-hydroxylation sites is 1. The summed E-state index contributed by atoms with van der Waals surface area (Å²) in [6, 6.07) is 20.1. The van der Waals surface area contributed by atoms with Crippen LogP contribution >= 0.6 is 23.1 Å². The molecule has 0 spiro atoms. The monoisotopic (exact) mass is 422 g/mol. The van der Waals surface area contributed by atoms with E-state index in [4.69, 9.17) is 0 Å². The number of thiazole rings is 1. The Bertz CT molecular complexity index is 1160. The molecule has 0 unspecified atom stereocenters. The Balaban J connectivity index is 1.60. The minimum absolute atomic E-state index is 0.202. The van der Waals surface area contributed by atoms with E-state index in [9.17, 15) is 4.79 Å². The molecule has 7 nitrogen and oxygen atoms in total. The number of aryl methyl sites for hydroxylation is 1. The van der Waals surface area contributed by atoms with Crippen molar-refractivity contribution in [3.8, 4) is 16.9 Å². The van der Waals surface area contributed by atoms with Gasteiger partial charge in [0.2, 0.25) is 4.80 Å². The summed E-state index contributed by atoms with van der Waals surface area (Å²) in [6.07, 6.45) is 1.60. The summed E-state index contributed by atoms with van der Waals surface area (Å²) in [7, 11) is 1.84. The quantitative estimate of drug-likeness (QED) is 0.383. The minimum Gasteiger partial charge on any atom is -0.312 e. The van der Waals surface area contributed by atoms with Crippen molar-refractivity contribution in [1.82, 2.24) is 24.8 Å².